The second-order valence-corrected chi connectivity index (χ2v) is 7.96. The van der Waals surface area contributed by atoms with Crippen molar-refractivity contribution in [1.82, 2.24) is 20.3 Å². The number of ether oxygens (including phenoxy) is 3. The van der Waals surface area contributed by atoms with Gasteiger partial charge >= 0.3 is 6.18 Å². The summed E-state index contributed by atoms with van der Waals surface area (Å²) in [7, 11) is 1.46. The van der Waals surface area contributed by atoms with E-state index in [-0.39, 0.29) is 36.1 Å². The Morgan fingerprint density at radius 1 is 1.17 bits per heavy atom. The Morgan fingerprint density at radius 2 is 1.91 bits per heavy atom. The van der Waals surface area contributed by atoms with E-state index in [0.717, 1.165) is 0 Å². The molecule has 35 heavy (non-hydrogen) atoms. The molecule has 2 amide bonds. The van der Waals surface area contributed by atoms with Crippen LogP contribution in [0.15, 0.2) is 30.7 Å². The second kappa shape index (κ2) is 10.3. The summed E-state index contributed by atoms with van der Waals surface area (Å²) in [6.07, 6.45) is -0.524. The summed E-state index contributed by atoms with van der Waals surface area (Å²) < 4.78 is 51.7. The Bertz CT molecular complexity index is 1030. The smallest absolute Gasteiger partial charge is 0.422 e. The summed E-state index contributed by atoms with van der Waals surface area (Å²) >= 11 is 0. The van der Waals surface area contributed by atoms with E-state index >= 15 is 0 Å². The van der Waals surface area contributed by atoms with E-state index < -0.39 is 18.9 Å². The van der Waals surface area contributed by atoms with Gasteiger partial charge in [-0.1, -0.05) is 0 Å². The van der Waals surface area contributed by atoms with Crippen LogP contribution in [0.4, 0.5) is 24.8 Å². The number of aromatic nitrogens is 3. The van der Waals surface area contributed by atoms with Crippen LogP contribution in [-0.4, -0.2) is 85.0 Å². The van der Waals surface area contributed by atoms with Gasteiger partial charge in [0.15, 0.2) is 12.7 Å². The zero-order chi connectivity index (χ0) is 25.0. The number of pyridine rings is 1. The lowest BCUT2D eigenvalue weighted by molar-refractivity contribution is -0.154. The lowest BCUT2D eigenvalue weighted by Gasteiger charge is -2.39. The highest BCUT2D eigenvalue weighted by Gasteiger charge is 2.35. The number of amides is 2. The molecule has 2 aliphatic rings. The maximum atomic E-state index is 12.8. The van der Waals surface area contributed by atoms with Crippen molar-refractivity contribution in [2.24, 2.45) is 0 Å². The number of halogens is 3. The van der Waals surface area contributed by atoms with Crippen molar-refractivity contribution in [3.05, 3.63) is 30.7 Å². The molecule has 0 saturated carbocycles. The summed E-state index contributed by atoms with van der Waals surface area (Å²) in [6.45, 7) is 0.0987. The predicted molar refractivity (Wildman–Crippen MR) is 115 cm³/mol. The molecular weight excluding hydrogens is 473 g/mol. The first-order valence-corrected chi connectivity index (χ1v) is 10.7. The first-order valence-electron chi connectivity index (χ1n) is 10.7. The minimum Gasteiger partial charge on any atom is -0.479 e. The molecule has 2 aromatic rings. The van der Waals surface area contributed by atoms with Crippen molar-refractivity contribution >= 4 is 23.5 Å². The van der Waals surface area contributed by atoms with Crippen molar-refractivity contribution in [3.63, 3.8) is 0 Å². The summed E-state index contributed by atoms with van der Waals surface area (Å²) in [5, 5.41) is 2.83. The summed E-state index contributed by atoms with van der Waals surface area (Å²) in [6, 6.07) is 2.64. The Balaban J connectivity index is 1.27. The molecule has 14 heteroatoms. The molecule has 0 radical (unpaired) electrons. The van der Waals surface area contributed by atoms with Crippen molar-refractivity contribution in [3.8, 4) is 11.6 Å². The molecule has 4 rings (SSSR count). The lowest BCUT2D eigenvalue weighted by atomic mass is 10.1. The minimum atomic E-state index is -4.46. The number of carbonyl (C=O) groups excluding carboxylic acids is 2. The van der Waals surface area contributed by atoms with Gasteiger partial charge in [0, 0.05) is 39.2 Å². The number of nitrogens with one attached hydrogen (secondary N) is 1. The van der Waals surface area contributed by atoms with E-state index in [1.807, 2.05) is 4.90 Å². The van der Waals surface area contributed by atoms with Crippen LogP contribution in [0.25, 0.3) is 0 Å². The number of alkyl halides is 3. The average Bonchev–Trinajstić information content (AvgIpc) is 3.15. The van der Waals surface area contributed by atoms with E-state index in [0.29, 0.717) is 37.7 Å². The Morgan fingerprint density at radius 3 is 2.54 bits per heavy atom. The van der Waals surface area contributed by atoms with Gasteiger partial charge in [-0.05, 0) is 6.07 Å². The molecule has 2 aromatic heterocycles. The molecule has 2 fully saturated rings. The van der Waals surface area contributed by atoms with Crippen LogP contribution in [0, 0.1) is 0 Å². The first kappa shape index (κ1) is 24.4. The van der Waals surface area contributed by atoms with Gasteiger partial charge in [-0.25, -0.2) is 15.0 Å². The third kappa shape index (κ3) is 6.26. The van der Waals surface area contributed by atoms with Gasteiger partial charge in [0.05, 0.1) is 30.3 Å². The zero-order valence-electron chi connectivity index (χ0n) is 18.7. The molecule has 4 heterocycles. The number of nitrogens with zero attached hydrogens (tertiary/aromatic N) is 5. The van der Waals surface area contributed by atoms with Crippen LogP contribution in [-0.2, 0) is 14.3 Å². The minimum absolute atomic E-state index is 0.00116. The second-order valence-electron chi connectivity index (χ2n) is 7.96. The fraction of sp³-hybridized carbons (Fsp3) is 0.476. The SMILES string of the molecule is COCC(=O)NC1CN(c2ncc(N3CC[C@@H](Oc4ccc(OCC(F)(F)F)nc4)C3=O)cn2)C1. The topological polar surface area (TPSA) is 119 Å². The van der Waals surface area contributed by atoms with Crippen LogP contribution in [0.3, 0.4) is 0 Å². The first-order chi connectivity index (χ1) is 16.7. The molecule has 2 saturated heterocycles. The Labute approximate surface area is 198 Å². The van der Waals surface area contributed by atoms with Crippen molar-refractivity contribution in [2.75, 3.05) is 49.8 Å². The lowest BCUT2D eigenvalue weighted by Crippen LogP contribution is -2.60. The summed E-state index contributed by atoms with van der Waals surface area (Å²) in [4.78, 5) is 40.2. The molecule has 11 nitrogen and oxygen atoms in total. The number of hydrogen-bond donors (Lipinski definition) is 1. The van der Waals surface area contributed by atoms with Crippen LogP contribution in [0.2, 0.25) is 0 Å². The van der Waals surface area contributed by atoms with E-state index in [1.54, 1.807) is 12.4 Å². The number of carbonyl (C=O) groups is 2. The third-order valence-electron chi connectivity index (χ3n) is 5.27. The van der Waals surface area contributed by atoms with E-state index in [9.17, 15) is 22.8 Å². The van der Waals surface area contributed by atoms with Gasteiger partial charge in [-0.3, -0.25) is 9.59 Å². The Hall–Kier alpha value is -3.68. The maximum absolute atomic E-state index is 12.8. The van der Waals surface area contributed by atoms with Gasteiger partial charge < -0.3 is 29.3 Å². The van der Waals surface area contributed by atoms with Gasteiger partial charge in [-0.15, -0.1) is 0 Å². The molecular formula is C21H23F3N6O5. The molecule has 0 bridgehead atoms. The zero-order valence-corrected chi connectivity index (χ0v) is 18.7. The maximum Gasteiger partial charge on any atom is 0.422 e. The van der Waals surface area contributed by atoms with E-state index in [4.69, 9.17) is 9.47 Å². The molecule has 1 N–H and O–H groups in total. The third-order valence-corrected chi connectivity index (χ3v) is 5.27. The molecule has 0 spiro atoms. The summed E-state index contributed by atoms with van der Waals surface area (Å²) in [5.74, 6) is 0.0606. The Kier molecular flexibility index (Phi) is 7.19. The van der Waals surface area contributed by atoms with Gasteiger partial charge in [0.2, 0.25) is 17.7 Å². The fourth-order valence-corrected chi connectivity index (χ4v) is 3.61. The highest BCUT2D eigenvalue weighted by Crippen LogP contribution is 2.26. The molecule has 0 aromatic carbocycles. The monoisotopic (exact) mass is 496 g/mol. The van der Waals surface area contributed by atoms with Crippen LogP contribution in [0.1, 0.15) is 6.42 Å². The van der Waals surface area contributed by atoms with E-state index in [2.05, 4.69) is 25.0 Å². The van der Waals surface area contributed by atoms with Crippen LogP contribution >= 0.6 is 0 Å². The number of methoxy groups -OCH3 is 1. The fourth-order valence-electron chi connectivity index (χ4n) is 3.61. The number of rotatable bonds is 9. The van der Waals surface area contributed by atoms with Crippen LogP contribution in [0.5, 0.6) is 11.6 Å². The molecule has 2 aliphatic heterocycles. The number of hydrogen-bond acceptors (Lipinski definition) is 9. The van der Waals surface area contributed by atoms with Crippen molar-refractivity contribution in [1.29, 1.82) is 0 Å². The quantitative estimate of drug-likeness (QED) is 0.541. The normalized spacial score (nSPS) is 18.4. The largest absolute Gasteiger partial charge is 0.479 e. The highest BCUT2D eigenvalue weighted by atomic mass is 19.4. The highest BCUT2D eigenvalue weighted by molar-refractivity contribution is 5.98. The molecule has 1 atom stereocenters. The van der Waals surface area contributed by atoms with Gasteiger partial charge in [-0.2, -0.15) is 13.2 Å². The van der Waals surface area contributed by atoms with Crippen molar-refractivity contribution in [2.45, 2.75) is 24.7 Å². The molecule has 0 aliphatic carbocycles. The summed E-state index contributed by atoms with van der Waals surface area (Å²) in [5.41, 5.74) is 0.518. The average molecular weight is 496 g/mol. The van der Waals surface area contributed by atoms with Gasteiger partial charge in [0.1, 0.15) is 12.4 Å². The molecule has 0 unspecified atom stereocenters. The van der Waals surface area contributed by atoms with Crippen molar-refractivity contribution < 1.29 is 37.0 Å². The van der Waals surface area contributed by atoms with Gasteiger partial charge in [0.25, 0.3) is 5.91 Å². The standard InChI is InChI=1S/C21H23F3N6O5/c1-33-11-17(31)28-13-9-29(10-13)20-26-6-14(7-27-20)30-5-4-16(19(30)32)35-15-2-3-18(25-8-15)34-12-21(22,23)24/h2-3,6-8,13,16H,4-5,9-12H2,1H3,(H,28,31)/t16-/m1/s1. The number of anilines is 2. The molecule has 188 valence electrons. The van der Waals surface area contributed by atoms with E-state index in [1.165, 1.54) is 30.3 Å². The predicted octanol–water partition coefficient (Wildman–Crippen LogP) is 0.948. The van der Waals surface area contributed by atoms with Crippen LogP contribution < -0.4 is 24.6 Å².